The van der Waals surface area contributed by atoms with Crippen molar-refractivity contribution in [1.29, 1.82) is 0 Å². The van der Waals surface area contributed by atoms with Crippen LogP contribution in [0.1, 0.15) is 78.2 Å². The largest absolute Gasteiger partial charge is 0.481 e. The van der Waals surface area contributed by atoms with Crippen molar-refractivity contribution in [3.8, 4) is 0 Å². The first-order valence-corrected chi connectivity index (χ1v) is 12.3. The lowest BCUT2D eigenvalue weighted by molar-refractivity contribution is -0.183. The summed E-state index contributed by atoms with van der Waals surface area (Å²) in [6, 6.07) is 8.08. The zero-order valence-electron chi connectivity index (χ0n) is 21.2. The monoisotopic (exact) mass is 490 g/mol. The Labute approximate surface area is 207 Å². The number of ether oxygens (including phenoxy) is 2. The summed E-state index contributed by atoms with van der Waals surface area (Å²) in [5.41, 5.74) is -0.00788. The highest BCUT2D eigenvalue weighted by Crippen LogP contribution is 2.27. The highest BCUT2D eigenvalue weighted by Gasteiger charge is 2.44. The van der Waals surface area contributed by atoms with Crippen molar-refractivity contribution in [2.24, 2.45) is 5.92 Å². The van der Waals surface area contributed by atoms with Gasteiger partial charge in [-0.25, -0.2) is 19.6 Å². The number of hydrogen-bond acceptors (Lipinski definition) is 6. The molecule has 0 unspecified atom stereocenters. The molecule has 0 radical (unpaired) electrons. The summed E-state index contributed by atoms with van der Waals surface area (Å²) in [5, 5.41) is 11.7. The van der Waals surface area contributed by atoms with Gasteiger partial charge in [0.15, 0.2) is 6.04 Å². The van der Waals surface area contributed by atoms with Gasteiger partial charge in [-0.3, -0.25) is 9.59 Å². The van der Waals surface area contributed by atoms with E-state index < -0.39 is 41.5 Å². The van der Waals surface area contributed by atoms with Gasteiger partial charge in [0, 0.05) is 6.54 Å². The quantitative estimate of drug-likeness (QED) is 0.378. The molecule has 1 N–H and O–H groups in total. The highest BCUT2D eigenvalue weighted by atomic mass is 16.6. The van der Waals surface area contributed by atoms with Gasteiger partial charge >= 0.3 is 18.0 Å². The van der Waals surface area contributed by atoms with Crippen LogP contribution in [0.3, 0.4) is 0 Å². The second-order valence-corrected chi connectivity index (χ2v) is 9.83. The van der Waals surface area contributed by atoms with Gasteiger partial charge in [0.2, 0.25) is 5.91 Å². The van der Waals surface area contributed by atoms with Crippen molar-refractivity contribution >= 4 is 23.9 Å². The minimum atomic E-state index is -1.11. The molecule has 0 saturated carbocycles. The van der Waals surface area contributed by atoms with Crippen LogP contribution < -0.4 is 0 Å². The number of nitrogens with zero attached hydrogens (tertiary/aromatic N) is 2. The Balaban J connectivity index is 2.32. The third-order valence-corrected chi connectivity index (χ3v) is 5.65. The fraction of sp³-hybridized carbons (Fsp3) is 0.615. The molecular weight excluding hydrogens is 452 g/mol. The lowest BCUT2D eigenvalue weighted by Crippen LogP contribution is -2.62. The van der Waals surface area contributed by atoms with E-state index in [1.165, 1.54) is 0 Å². The summed E-state index contributed by atoms with van der Waals surface area (Å²) in [4.78, 5) is 51.4. The molecule has 2 rings (SSSR count). The maximum absolute atomic E-state index is 13.7. The van der Waals surface area contributed by atoms with Crippen molar-refractivity contribution in [2.45, 2.75) is 90.9 Å². The van der Waals surface area contributed by atoms with Crippen LogP contribution in [0.5, 0.6) is 0 Å². The van der Waals surface area contributed by atoms with Crippen molar-refractivity contribution < 1.29 is 33.8 Å². The lowest BCUT2D eigenvalue weighted by atomic mass is 9.95. The van der Waals surface area contributed by atoms with Crippen LogP contribution >= 0.6 is 0 Å². The minimum Gasteiger partial charge on any atom is -0.481 e. The molecule has 35 heavy (non-hydrogen) atoms. The normalized spacial score (nSPS) is 17.0. The smallest absolute Gasteiger partial charge is 0.429 e. The molecule has 1 heterocycles. The molecule has 0 bridgehead atoms. The van der Waals surface area contributed by atoms with Gasteiger partial charge in [-0.05, 0) is 45.6 Å². The van der Waals surface area contributed by atoms with Crippen LogP contribution in [0.25, 0.3) is 0 Å². The number of hydrogen-bond donors (Lipinski definition) is 1. The minimum absolute atomic E-state index is 0.00433. The van der Waals surface area contributed by atoms with E-state index in [0.29, 0.717) is 25.7 Å². The molecule has 194 valence electrons. The summed E-state index contributed by atoms with van der Waals surface area (Å²) in [5.74, 6) is -3.18. The summed E-state index contributed by atoms with van der Waals surface area (Å²) in [6.07, 6.45) is 2.40. The molecule has 1 aromatic carbocycles. The maximum Gasteiger partial charge on any atom is 0.429 e. The highest BCUT2D eigenvalue weighted by molar-refractivity contribution is 5.89. The van der Waals surface area contributed by atoms with Crippen LogP contribution in [0.2, 0.25) is 0 Å². The van der Waals surface area contributed by atoms with Gasteiger partial charge in [0.25, 0.3) is 0 Å². The van der Waals surface area contributed by atoms with Crippen LogP contribution in [0.4, 0.5) is 4.79 Å². The average Bonchev–Trinajstić information content (AvgIpc) is 2.80. The van der Waals surface area contributed by atoms with E-state index in [9.17, 15) is 24.3 Å². The van der Waals surface area contributed by atoms with Crippen molar-refractivity contribution in [3.63, 3.8) is 0 Å². The fourth-order valence-electron chi connectivity index (χ4n) is 4.02. The number of esters is 1. The van der Waals surface area contributed by atoms with Gasteiger partial charge in [0.1, 0.15) is 12.2 Å². The lowest BCUT2D eigenvalue weighted by Gasteiger charge is -2.43. The predicted molar refractivity (Wildman–Crippen MR) is 129 cm³/mol. The van der Waals surface area contributed by atoms with Crippen LogP contribution in [-0.2, 0) is 30.5 Å². The van der Waals surface area contributed by atoms with Gasteiger partial charge in [-0.2, -0.15) is 0 Å². The van der Waals surface area contributed by atoms with E-state index in [1.807, 2.05) is 37.3 Å². The molecular formula is C26H38N2O7. The Morgan fingerprint density at radius 1 is 1.11 bits per heavy atom. The van der Waals surface area contributed by atoms with E-state index in [4.69, 9.17) is 9.47 Å². The molecule has 1 aliphatic heterocycles. The number of unbranched alkanes of at least 4 members (excludes halogenated alkanes) is 2. The number of carbonyl (C=O) groups is 4. The number of benzene rings is 1. The predicted octanol–water partition coefficient (Wildman–Crippen LogP) is 4.54. The molecule has 2 atom stereocenters. The standard InChI is InChI=1S/C26H38N2O7/c1-5-6-8-14-20(17-22(29)30)23(31)28-21(24(32)35-26(2,3)4)15-11-16-27(28)25(33)34-18-19-12-9-7-10-13-19/h7,9-10,12-13,20-21H,5-6,8,11,14-18H2,1-4H3,(H,29,30)/t20-,21+/m0/s1. The van der Waals surface area contributed by atoms with E-state index in [2.05, 4.69) is 0 Å². The maximum atomic E-state index is 13.7. The molecule has 9 nitrogen and oxygen atoms in total. The first kappa shape index (κ1) is 28.1. The second-order valence-electron chi connectivity index (χ2n) is 9.83. The number of amides is 2. The van der Waals surface area contributed by atoms with Crippen molar-refractivity contribution in [3.05, 3.63) is 35.9 Å². The summed E-state index contributed by atoms with van der Waals surface area (Å²) < 4.78 is 11.0. The third kappa shape index (κ3) is 8.88. The zero-order chi connectivity index (χ0) is 26.0. The first-order valence-electron chi connectivity index (χ1n) is 12.3. The van der Waals surface area contributed by atoms with Gasteiger partial charge in [-0.15, -0.1) is 0 Å². The Kier molecular flexibility index (Phi) is 10.5. The molecule has 0 spiro atoms. The summed E-state index contributed by atoms with van der Waals surface area (Å²) in [6.45, 7) is 7.37. The fourth-order valence-corrected chi connectivity index (χ4v) is 4.02. The number of carboxylic acids is 1. The average molecular weight is 491 g/mol. The van der Waals surface area contributed by atoms with Crippen LogP contribution in [-0.4, -0.2) is 57.3 Å². The Hall–Kier alpha value is -3.10. The van der Waals surface area contributed by atoms with E-state index in [-0.39, 0.29) is 19.6 Å². The van der Waals surface area contributed by atoms with Gasteiger partial charge in [-0.1, -0.05) is 56.5 Å². The van der Waals surface area contributed by atoms with Crippen molar-refractivity contribution in [1.82, 2.24) is 10.0 Å². The molecule has 1 aromatic rings. The molecule has 1 saturated heterocycles. The van der Waals surface area contributed by atoms with E-state index in [0.717, 1.165) is 28.4 Å². The van der Waals surface area contributed by atoms with Crippen LogP contribution in [0, 0.1) is 5.92 Å². The first-order chi connectivity index (χ1) is 16.5. The summed E-state index contributed by atoms with van der Waals surface area (Å²) >= 11 is 0. The number of rotatable bonds is 10. The van der Waals surface area contributed by atoms with E-state index in [1.54, 1.807) is 20.8 Å². The Morgan fingerprint density at radius 2 is 1.80 bits per heavy atom. The Bertz CT molecular complexity index is 866. The number of carboxylic acid groups (broad SMARTS) is 1. The van der Waals surface area contributed by atoms with Gasteiger partial charge < -0.3 is 14.6 Å². The van der Waals surface area contributed by atoms with Crippen LogP contribution in [0.15, 0.2) is 30.3 Å². The van der Waals surface area contributed by atoms with E-state index >= 15 is 0 Å². The number of carbonyl (C=O) groups excluding carboxylic acids is 3. The summed E-state index contributed by atoms with van der Waals surface area (Å²) in [7, 11) is 0. The number of aliphatic carboxylic acids is 1. The zero-order valence-corrected chi connectivity index (χ0v) is 21.2. The Morgan fingerprint density at radius 3 is 2.40 bits per heavy atom. The molecule has 0 aromatic heterocycles. The number of hydrazine groups is 1. The van der Waals surface area contributed by atoms with Crippen molar-refractivity contribution in [2.75, 3.05) is 6.54 Å². The topological polar surface area (TPSA) is 113 Å². The molecule has 2 amide bonds. The molecule has 1 aliphatic rings. The molecule has 1 fully saturated rings. The van der Waals surface area contributed by atoms with Gasteiger partial charge in [0.05, 0.1) is 12.3 Å². The third-order valence-electron chi connectivity index (χ3n) is 5.65. The molecule has 9 heteroatoms. The second kappa shape index (κ2) is 13.1. The SMILES string of the molecule is CCCCC[C@@H](CC(=O)O)C(=O)N1[C@@H](C(=O)OC(C)(C)C)CCCN1C(=O)OCc1ccccc1. The molecule has 0 aliphatic carbocycles.